The fraction of sp³-hybridized carbons (Fsp3) is 0.333. The Balaban J connectivity index is 1.55. The van der Waals surface area contributed by atoms with Crippen molar-refractivity contribution in [1.82, 2.24) is 14.3 Å². The lowest BCUT2D eigenvalue weighted by molar-refractivity contribution is 0.384. The van der Waals surface area contributed by atoms with Crippen LogP contribution in [0.25, 0.3) is 20.7 Å². The number of anilines is 1. The highest BCUT2D eigenvalue weighted by molar-refractivity contribution is 7.89. The van der Waals surface area contributed by atoms with Gasteiger partial charge in [-0.1, -0.05) is 18.2 Å². The topological polar surface area (TPSA) is 66.4 Å². The maximum Gasteiger partial charge on any atom is 0.213 e. The SMILES string of the molecule is CCS(=O)(=O)N1CCN(c2cncc(-c3cc4ccccc4s3)n2)CC1. The summed E-state index contributed by atoms with van der Waals surface area (Å²) in [6.45, 7) is 3.92. The van der Waals surface area contributed by atoms with E-state index in [1.165, 1.54) is 10.1 Å². The largest absolute Gasteiger partial charge is 0.353 e. The van der Waals surface area contributed by atoms with Crippen LogP contribution in [0, 0.1) is 0 Å². The molecule has 0 unspecified atom stereocenters. The Labute approximate surface area is 157 Å². The van der Waals surface area contributed by atoms with E-state index in [2.05, 4.69) is 28.1 Å². The van der Waals surface area contributed by atoms with Gasteiger partial charge in [-0.15, -0.1) is 11.3 Å². The molecule has 1 aliphatic rings. The van der Waals surface area contributed by atoms with E-state index >= 15 is 0 Å². The standard InChI is InChI=1S/C18H20N4O2S2/c1-2-26(23,24)22-9-7-21(8-10-22)18-13-19-12-15(20-18)17-11-14-5-3-4-6-16(14)25-17/h3-6,11-13H,2,7-10H2,1H3. The van der Waals surface area contributed by atoms with Crippen molar-refractivity contribution >= 4 is 37.3 Å². The molecule has 0 atom stereocenters. The van der Waals surface area contributed by atoms with Crippen molar-refractivity contribution in [3.8, 4) is 10.6 Å². The van der Waals surface area contributed by atoms with Gasteiger partial charge in [0.15, 0.2) is 0 Å². The molecule has 3 heterocycles. The monoisotopic (exact) mass is 388 g/mol. The van der Waals surface area contributed by atoms with Crippen LogP contribution in [0.1, 0.15) is 6.92 Å². The summed E-state index contributed by atoms with van der Waals surface area (Å²) >= 11 is 1.70. The summed E-state index contributed by atoms with van der Waals surface area (Å²) in [5.74, 6) is 0.947. The van der Waals surface area contributed by atoms with E-state index in [1.54, 1.807) is 35.0 Å². The third kappa shape index (κ3) is 3.32. The summed E-state index contributed by atoms with van der Waals surface area (Å²) in [4.78, 5) is 12.3. The highest BCUT2D eigenvalue weighted by atomic mass is 32.2. The number of sulfonamides is 1. The van der Waals surface area contributed by atoms with E-state index in [0.717, 1.165) is 16.4 Å². The summed E-state index contributed by atoms with van der Waals surface area (Å²) in [5, 5.41) is 1.21. The van der Waals surface area contributed by atoms with Crippen LogP contribution in [-0.2, 0) is 10.0 Å². The van der Waals surface area contributed by atoms with Gasteiger partial charge in [0.25, 0.3) is 0 Å². The number of thiophene rings is 1. The second kappa shape index (κ2) is 6.94. The number of fused-ring (bicyclic) bond motifs is 1. The zero-order valence-electron chi connectivity index (χ0n) is 14.5. The lowest BCUT2D eigenvalue weighted by Gasteiger charge is -2.34. The van der Waals surface area contributed by atoms with E-state index in [1.807, 2.05) is 12.1 Å². The van der Waals surface area contributed by atoms with Crippen molar-refractivity contribution in [2.45, 2.75) is 6.92 Å². The summed E-state index contributed by atoms with van der Waals surface area (Å²) in [5.41, 5.74) is 0.854. The number of piperazine rings is 1. The first-order chi connectivity index (χ1) is 12.6. The van der Waals surface area contributed by atoms with Gasteiger partial charge in [-0.25, -0.2) is 13.4 Å². The third-order valence-electron chi connectivity index (χ3n) is 4.62. The van der Waals surface area contributed by atoms with E-state index in [9.17, 15) is 8.42 Å². The minimum atomic E-state index is -3.12. The molecule has 0 bridgehead atoms. The molecule has 2 aromatic heterocycles. The first-order valence-corrected chi connectivity index (χ1v) is 11.0. The molecule has 0 amide bonds. The Morgan fingerprint density at radius 2 is 1.88 bits per heavy atom. The zero-order valence-corrected chi connectivity index (χ0v) is 16.1. The molecule has 0 saturated carbocycles. The molecule has 8 heteroatoms. The smallest absolute Gasteiger partial charge is 0.213 e. The predicted molar refractivity (Wildman–Crippen MR) is 106 cm³/mol. The molecular formula is C18H20N4O2S2. The summed E-state index contributed by atoms with van der Waals surface area (Å²) in [6, 6.07) is 10.4. The van der Waals surface area contributed by atoms with E-state index in [4.69, 9.17) is 4.98 Å². The van der Waals surface area contributed by atoms with E-state index in [0.29, 0.717) is 26.2 Å². The van der Waals surface area contributed by atoms with Crippen LogP contribution in [0.15, 0.2) is 42.7 Å². The van der Waals surface area contributed by atoms with Gasteiger partial charge in [-0.2, -0.15) is 4.31 Å². The van der Waals surface area contributed by atoms with Crippen molar-refractivity contribution in [3.05, 3.63) is 42.7 Å². The molecule has 3 aromatic rings. The number of hydrogen-bond acceptors (Lipinski definition) is 6. The van der Waals surface area contributed by atoms with Crippen LogP contribution in [0.3, 0.4) is 0 Å². The fourth-order valence-electron chi connectivity index (χ4n) is 3.11. The van der Waals surface area contributed by atoms with Crippen LogP contribution in [0.2, 0.25) is 0 Å². The van der Waals surface area contributed by atoms with Crippen molar-refractivity contribution in [2.75, 3.05) is 36.8 Å². The normalized spacial score (nSPS) is 16.3. The summed E-state index contributed by atoms with van der Waals surface area (Å²) in [7, 11) is -3.12. The van der Waals surface area contributed by atoms with Crippen molar-refractivity contribution in [1.29, 1.82) is 0 Å². The first-order valence-electron chi connectivity index (χ1n) is 8.60. The Morgan fingerprint density at radius 1 is 1.12 bits per heavy atom. The number of rotatable bonds is 4. The van der Waals surface area contributed by atoms with Crippen LogP contribution >= 0.6 is 11.3 Å². The van der Waals surface area contributed by atoms with Crippen molar-refractivity contribution in [2.24, 2.45) is 0 Å². The van der Waals surface area contributed by atoms with Crippen LogP contribution in [-0.4, -0.2) is 54.6 Å². The van der Waals surface area contributed by atoms with Crippen LogP contribution in [0.4, 0.5) is 5.82 Å². The van der Waals surface area contributed by atoms with Crippen LogP contribution in [0.5, 0.6) is 0 Å². The van der Waals surface area contributed by atoms with Gasteiger partial charge < -0.3 is 4.90 Å². The molecule has 4 rings (SSSR count). The predicted octanol–water partition coefficient (Wildman–Crippen LogP) is 2.83. The van der Waals surface area contributed by atoms with Crippen LogP contribution < -0.4 is 4.90 Å². The van der Waals surface area contributed by atoms with E-state index in [-0.39, 0.29) is 5.75 Å². The minimum absolute atomic E-state index is 0.147. The molecule has 26 heavy (non-hydrogen) atoms. The molecule has 0 radical (unpaired) electrons. The number of aromatic nitrogens is 2. The second-order valence-corrected chi connectivity index (χ2v) is 9.54. The Kier molecular flexibility index (Phi) is 4.64. The zero-order chi connectivity index (χ0) is 18.1. The van der Waals surface area contributed by atoms with E-state index < -0.39 is 10.0 Å². The Hall–Kier alpha value is -2.03. The molecule has 0 spiro atoms. The van der Waals surface area contributed by atoms with Gasteiger partial charge in [-0.05, 0) is 24.4 Å². The number of nitrogens with zero attached hydrogens (tertiary/aromatic N) is 4. The quantitative estimate of drug-likeness (QED) is 0.688. The lowest BCUT2D eigenvalue weighted by atomic mass is 10.2. The number of benzene rings is 1. The molecular weight excluding hydrogens is 368 g/mol. The fourth-order valence-corrected chi connectivity index (χ4v) is 5.21. The molecule has 1 saturated heterocycles. The molecule has 1 aromatic carbocycles. The average molecular weight is 389 g/mol. The minimum Gasteiger partial charge on any atom is -0.353 e. The summed E-state index contributed by atoms with van der Waals surface area (Å²) < 4.78 is 26.8. The summed E-state index contributed by atoms with van der Waals surface area (Å²) in [6.07, 6.45) is 3.53. The van der Waals surface area contributed by atoms with Crippen molar-refractivity contribution in [3.63, 3.8) is 0 Å². The van der Waals surface area contributed by atoms with Gasteiger partial charge >= 0.3 is 0 Å². The molecule has 1 fully saturated rings. The maximum atomic E-state index is 12.0. The first kappa shape index (κ1) is 17.4. The van der Waals surface area contributed by atoms with Gasteiger partial charge in [0.1, 0.15) is 11.5 Å². The average Bonchev–Trinajstić information content (AvgIpc) is 3.12. The third-order valence-corrected chi connectivity index (χ3v) is 7.64. The molecule has 0 N–H and O–H groups in total. The molecule has 0 aliphatic carbocycles. The van der Waals surface area contributed by atoms with Crippen molar-refractivity contribution < 1.29 is 8.42 Å². The number of hydrogen-bond donors (Lipinski definition) is 0. The van der Waals surface area contributed by atoms with Gasteiger partial charge in [0.2, 0.25) is 10.0 Å². The van der Waals surface area contributed by atoms with Gasteiger partial charge in [0.05, 0.1) is 23.0 Å². The Morgan fingerprint density at radius 3 is 2.62 bits per heavy atom. The van der Waals surface area contributed by atoms with Gasteiger partial charge in [0, 0.05) is 30.9 Å². The molecule has 6 nitrogen and oxygen atoms in total. The molecule has 1 aliphatic heterocycles. The highest BCUT2D eigenvalue weighted by Gasteiger charge is 2.26. The Bertz CT molecular complexity index is 991. The van der Waals surface area contributed by atoms with Gasteiger partial charge in [-0.3, -0.25) is 4.98 Å². The lowest BCUT2D eigenvalue weighted by Crippen LogP contribution is -2.49. The second-order valence-electron chi connectivity index (χ2n) is 6.20. The maximum absolute atomic E-state index is 12.0. The molecule has 136 valence electrons. The highest BCUT2D eigenvalue weighted by Crippen LogP contribution is 2.32.